The molecule has 1 unspecified atom stereocenters. The molecule has 1 atom stereocenters. The molecule has 2 heteroatoms. The van der Waals surface area contributed by atoms with E-state index in [9.17, 15) is 4.79 Å². The zero-order valence-electron chi connectivity index (χ0n) is 9.34. The molecule has 1 saturated heterocycles. The lowest BCUT2D eigenvalue weighted by atomic mass is 9.91. The van der Waals surface area contributed by atoms with Gasteiger partial charge in [-0.2, -0.15) is 0 Å². The van der Waals surface area contributed by atoms with Crippen molar-refractivity contribution in [2.24, 2.45) is 0 Å². The van der Waals surface area contributed by atoms with E-state index in [4.69, 9.17) is 0 Å². The molecule has 80 valence electrons. The number of benzene rings is 1. The van der Waals surface area contributed by atoms with Crippen LogP contribution in [-0.2, 0) is 0 Å². The molecule has 1 heterocycles. The highest BCUT2D eigenvalue weighted by Gasteiger charge is 2.18. The van der Waals surface area contributed by atoms with E-state index in [-0.39, 0.29) is 0 Å². The quantitative estimate of drug-likeness (QED) is 0.746. The van der Waals surface area contributed by atoms with Crippen LogP contribution in [0.3, 0.4) is 0 Å². The lowest BCUT2D eigenvalue weighted by Crippen LogP contribution is -2.09. The summed E-state index contributed by atoms with van der Waals surface area (Å²) >= 11 is 0. The molecule has 1 aromatic rings. The number of rotatable bonds is 2. The van der Waals surface area contributed by atoms with E-state index in [0.717, 1.165) is 30.5 Å². The maximum absolute atomic E-state index is 10.8. The Morgan fingerprint density at radius 3 is 2.73 bits per heavy atom. The van der Waals surface area contributed by atoms with Crippen molar-refractivity contribution < 1.29 is 4.79 Å². The van der Waals surface area contributed by atoms with Gasteiger partial charge in [0, 0.05) is 12.1 Å². The zero-order chi connectivity index (χ0) is 10.8. The average molecular weight is 203 g/mol. The fourth-order valence-corrected chi connectivity index (χ4v) is 2.35. The Kier molecular flexibility index (Phi) is 2.87. The molecule has 0 spiro atoms. The summed E-state index contributed by atoms with van der Waals surface area (Å²) in [4.78, 5) is 10.8. The number of nitrogens with one attached hydrogen (secondary N) is 1. The van der Waals surface area contributed by atoms with Crippen LogP contribution in [0.4, 0.5) is 0 Å². The average Bonchev–Trinajstić information content (AvgIpc) is 2.74. The summed E-state index contributed by atoms with van der Waals surface area (Å²) in [5, 5.41) is 3.38. The molecule has 1 aromatic carbocycles. The normalized spacial score (nSPS) is 20.5. The lowest BCUT2D eigenvalue weighted by molar-refractivity contribution is 0.112. The fraction of sp³-hybridized carbons (Fsp3) is 0.462. The minimum Gasteiger partial charge on any atom is -0.316 e. The van der Waals surface area contributed by atoms with Crippen LogP contribution in [0.5, 0.6) is 0 Å². The molecule has 0 aliphatic carbocycles. The predicted octanol–water partition coefficient (Wildman–Crippen LogP) is 2.19. The molecule has 0 bridgehead atoms. The van der Waals surface area contributed by atoms with Crippen molar-refractivity contribution in [3.05, 3.63) is 34.4 Å². The number of aryl methyl sites for hydroxylation is 2. The molecular formula is C13H17NO. The van der Waals surface area contributed by atoms with E-state index < -0.39 is 0 Å². The van der Waals surface area contributed by atoms with E-state index in [1.54, 1.807) is 0 Å². The van der Waals surface area contributed by atoms with Crippen molar-refractivity contribution in [2.75, 3.05) is 13.1 Å². The molecule has 0 saturated carbocycles. The monoisotopic (exact) mass is 203 g/mol. The van der Waals surface area contributed by atoms with Gasteiger partial charge in [-0.3, -0.25) is 4.79 Å². The van der Waals surface area contributed by atoms with Gasteiger partial charge in [0.1, 0.15) is 6.29 Å². The van der Waals surface area contributed by atoms with E-state index in [1.165, 1.54) is 17.5 Å². The second-order valence-electron chi connectivity index (χ2n) is 4.37. The van der Waals surface area contributed by atoms with Gasteiger partial charge in [-0.25, -0.2) is 0 Å². The number of hydrogen-bond acceptors (Lipinski definition) is 2. The first-order valence-electron chi connectivity index (χ1n) is 5.49. The van der Waals surface area contributed by atoms with Gasteiger partial charge in [0.15, 0.2) is 0 Å². The van der Waals surface area contributed by atoms with Gasteiger partial charge in [-0.15, -0.1) is 0 Å². The summed E-state index contributed by atoms with van der Waals surface area (Å²) in [6.07, 6.45) is 2.15. The molecule has 15 heavy (non-hydrogen) atoms. The standard InChI is InChI=1S/C13H17NO/c1-9-6-13(11-3-4-14-7-11)10(2)5-12(9)8-15/h5-6,8,11,14H,3-4,7H2,1-2H3. The number of aldehydes is 1. The predicted molar refractivity (Wildman–Crippen MR) is 61.5 cm³/mol. The third-order valence-electron chi connectivity index (χ3n) is 3.28. The van der Waals surface area contributed by atoms with Gasteiger partial charge >= 0.3 is 0 Å². The van der Waals surface area contributed by atoms with Crippen molar-refractivity contribution in [1.82, 2.24) is 5.32 Å². The first-order chi connectivity index (χ1) is 7.22. The molecule has 0 radical (unpaired) electrons. The first kappa shape index (κ1) is 10.4. The number of carbonyl (C=O) groups is 1. The maximum Gasteiger partial charge on any atom is 0.150 e. The number of carbonyl (C=O) groups excluding carboxylic acids is 1. The molecule has 1 N–H and O–H groups in total. The van der Waals surface area contributed by atoms with E-state index in [0.29, 0.717) is 5.92 Å². The Morgan fingerprint density at radius 1 is 1.33 bits per heavy atom. The first-order valence-corrected chi connectivity index (χ1v) is 5.49. The lowest BCUT2D eigenvalue weighted by Gasteiger charge is -2.14. The van der Waals surface area contributed by atoms with E-state index in [2.05, 4.69) is 18.3 Å². The molecule has 2 nitrogen and oxygen atoms in total. The van der Waals surface area contributed by atoms with Gasteiger partial charge in [0.2, 0.25) is 0 Å². The van der Waals surface area contributed by atoms with E-state index in [1.807, 2.05) is 13.0 Å². The molecule has 0 aromatic heterocycles. The number of hydrogen-bond donors (Lipinski definition) is 1. The fourth-order valence-electron chi connectivity index (χ4n) is 2.35. The van der Waals surface area contributed by atoms with Crippen LogP contribution in [0.1, 0.15) is 39.4 Å². The van der Waals surface area contributed by atoms with Crippen LogP contribution in [0.15, 0.2) is 12.1 Å². The highest BCUT2D eigenvalue weighted by Crippen LogP contribution is 2.27. The summed E-state index contributed by atoms with van der Waals surface area (Å²) in [5.74, 6) is 0.629. The third-order valence-corrected chi connectivity index (χ3v) is 3.28. The molecule has 0 amide bonds. The Morgan fingerprint density at radius 2 is 2.13 bits per heavy atom. The second-order valence-corrected chi connectivity index (χ2v) is 4.37. The van der Waals surface area contributed by atoms with Crippen molar-refractivity contribution in [3.8, 4) is 0 Å². The Balaban J connectivity index is 2.39. The Hall–Kier alpha value is -1.15. The minimum absolute atomic E-state index is 0.629. The van der Waals surface area contributed by atoms with Gasteiger partial charge in [0.25, 0.3) is 0 Å². The summed E-state index contributed by atoms with van der Waals surface area (Å²) in [6.45, 7) is 6.29. The molecule has 2 rings (SSSR count). The zero-order valence-corrected chi connectivity index (χ0v) is 9.34. The van der Waals surface area contributed by atoms with Gasteiger partial charge < -0.3 is 5.32 Å². The highest BCUT2D eigenvalue weighted by molar-refractivity contribution is 5.77. The van der Waals surface area contributed by atoms with Crippen LogP contribution in [0.2, 0.25) is 0 Å². The Bertz CT molecular complexity index is 378. The minimum atomic E-state index is 0.629. The molecule has 1 fully saturated rings. The Labute approximate surface area is 90.7 Å². The summed E-state index contributed by atoms with van der Waals surface area (Å²) in [6, 6.07) is 4.19. The van der Waals surface area contributed by atoms with Crippen molar-refractivity contribution in [1.29, 1.82) is 0 Å². The molecule has 1 aliphatic rings. The van der Waals surface area contributed by atoms with Crippen LogP contribution in [0, 0.1) is 13.8 Å². The largest absolute Gasteiger partial charge is 0.316 e. The van der Waals surface area contributed by atoms with Crippen LogP contribution in [0.25, 0.3) is 0 Å². The highest BCUT2D eigenvalue weighted by atomic mass is 16.1. The van der Waals surface area contributed by atoms with Crippen molar-refractivity contribution >= 4 is 6.29 Å². The van der Waals surface area contributed by atoms with Crippen LogP contribution in [-0.4, -0.2) is 19.4 Å². The summed E-state index contributed by atoms with van der Waals surface area (Å²) < 4.78 is 0. The second kappa shape index (κ2) is 4.15. The van der Waals surface area contributed by atoms with Crippen LogP contribution >= 0.6 is 0 Å². The maximum atomic E-state index is 10.8. The van der Waals surface area contributed by atoms with Gasteiger partial charge in [-0.05, 0) is 55.5 Å². The van der Waals surface area contributed by atoms with Crippen LogP contribution < -0.4 is 5.32 Å². The topological polar surface area (TPSA) is 29.1 Å². The van der Waals surface area contributed by atoms with Crippen molar-refractivity contribution in [2.45, 2.75) is 26.2 Å². The summed E-state index contributed by atoms with van der Waals surface area (Å²) in [5.41, 5.74) is 4.57. The third kappa shape index (κ3) is 1.95. The molecular weight excluding hydrogens is 186 g/mol. The SMILES string of the molecule is Cc1cc(C2CCNC2)c(C)cc1C=O. The van der Waals surface area contributed by atoms with Crippen molar-refractivity contribution in [3.63, 3.8) is 0 Å². The van der Waals surface area contributed by atoms with Gasteiger partial charge in [0.05, 0.1) is 0 Å². The molecule has 1 aliphatic heterocycles. The smallest absolute Gasteiger partial charge is 0.150 e. The summed E-state index contributed by atoms with van der Waals surface area (Å²) in [7, 11) is 0. The van der Waals surface area contributed by atoms with Gasteiger partial charge in [-0.1, -0.05) is 6.07 Å². The van der Waals surface area contributed by atoms with E-state index >= 15 is 0 Å².